The summed E-state index contributed by atoms with van der Waals surface area (Å²) in [7, 11) is 1.92. The molecular weight excluding hydrogens is 354 g/mol. The molecule has 0 unspecified atom stereocenters. The maximum Gasteiger partial charge on any atom is 0.332 e. The molecule has 6 nitrogen and oxygen atoms in total. The number of benzene rings is 1. The fourth-order valence-electron chi connectivity index (χ4n) is 3.59. The zero-order valence-electron chi connectivity index (χ0n) is 16.9. The van der Waals surface area contributed by atoms with Gasteiger partial charge in [0.15, 0.2) is 0 Å². The first-order valence-corrected chi connectivity index (χ1v) is 9.61. The first-order valence-electron chi connectivity index (χ1n) is 9.61. The number of carbonyl (C=O) groups is 2. The number of hydrogen-bond acceptors (Lipinski definition) is 5. The minimum Gasteiger partial charge on any atom is -0.464 e. The van der Waals surface area contributed by atoms with Gasteiger partial charge in [-0.25, -0.2) is 4.79 Å². The first kappa shape index (κ1) is 19.9. The summed E-state index contributed by atoms with van der Waals surface area (Å²) in [6.07, 6.45) is 4.12. The molecule has 2 aromatic rings. The highest BCUT2D eigenvalue weighted by molar-refractivity contribution is 6.02. The molecule has 0 saturated heterocycles. The quantitative estimate of drug-likeness (QED) is 0.779. The normalized spacial score (nSPS) is 14.5. The number of fused-ring (bicyclic) bond motifs is 1. The average molecular weight is 381 g/mol. The fourth-order valence-corrected chi connectivity index (χ4v) is 3.59. The van der Waals surface area contributed by atoms with Crippen molar-refractivity contribution in [3.8, 4) is 0 Å². The number of aromatic nitrogens is 1. The third-order valence-electron chi connectivity index (χ3n) is 5.32. The van der Waals surface area contributed by atoms with Crippen LogP contribution in [0.5, 0.6) is 0 Å². The Bertz CT molecular complexity index is 854. The Labute approximate surface area is 165 Å². The molecule has 0 atom stereocenters. The minimum atomic E-state index is -1.09. The topological polar surface area (TPSA) is 71.5 Å². The van der Waals surface area contributed by atoms with E-state index in [0.29, 0.717) is 18.4 Å². The summed E-state index contributed by atoms with van der Waals surface area (Å²) < 4.78 is 5.34. The Morgan fingerprint density at radius 3 is 2.43 bits per heavy atom. The monoisotopic (exact) mass is 381 g/mol. The van der Waals surface area contributed by atoms with E-state index in [2.05, 4.69) is 10.3 Å². The highest BCUT2D eigenvalue weighted by Crippen LogP contribution is 2.32. The van der Waals surface area contributed by atoms with Gasteiger partial charge in [-0.1, -0.05) is 24.3 Å². The number of pyridine rings is 1. The second-order valence-electron chi connectivity index (χ2n) is 7.48. The van der Waals surface area contributed by atoms with Crippen molar-refractivity contribution in [2.45, 2.75) is 45.2 Å². The third-order valence-corrected chi connectivity index (χ3v) is 5.32. The highest BCUT2D eigenvalue weighted by Gasteiger charge is 2.46. The van der Waals surface area contributed by atoms with E-state index >= 15 is 0 Å². The number of amides is 1. The lowest BCUT2D eigenvalue weighted by atomic mass is 9.94. The Balaban J connectivity index is 1.93. The minimum absolute atomic E-state index is 0.200. The second kappa shape index (κ2) is 8.00. The van der Waals surface area contributed by atoms with Crippen LogP contribution in [0.2, 0.25) is 0 Å². The fraction of sp³-hybridized carbons (Fsp3) is 0.409. The number of nitrogens with one attached hydrogen (secondary N) is 1. The van der Waals surface area contributed by atoms with E-state index in [9.17, 15) is 9.59 Å². The molecule has 1 N–H and O–H groups in total. The van der Waals surface area contributed by atoms with E-state index in [0.717, 1.165) is 16.8 Å². The summed E-state index contributed by atoms with van der Waals surface area (Å²) >= 11 is 0. The Morgan fingerprint density at radius 1 is 1.21 bits per heavy atom. The van der Waals surface area contributed by atoms with Crippen LogP contribution in [-0.2, 0) is 22.4 Å². The Morgan fingerprint density at radius 2 is 1.86 bits per heavy atom. The van der Waals surface area contributed by atoms with Crippen LogP contribution in [0.25, 0.3) is 0 Å². The molecule has 0 bridgehead atoms. The summed E-state index contributed by atoms with van der Waals surface area (Å²) in [6.45, 7) is 6.13. The van der Waals surface area contributed by atoms with Crippen LogP contribution < -0.4 is 10.2 Å². The largest absolute Gasteiger partial charge is 0.464 e. The number of carbonyl (C=O) groups excluding carboxylic acids is 2. The van der Waals surface area contributed by atoms with E-state index in [1.54, 1.807) is 25.4 Å². The summed E-state index contributed by atoms with van der Waals surface area (Å²) in [5, 5.41) is 3.01. The molecule has 1 aromatic heterocycles. The molecule has 0 aliphatic heterocycles. The lowest BCUT2D eigenvalue weighted by Crippen LogP contribution is -2.56. The first-order chi connectivity index (χ1) is 13.4. The van der Waals surface area contributed by atoms with Gasteiger partial charge >= 0.3 is 5.97 Å². The van der Waals surface area contributed by atoms with Crippen molar-refractivity contribution in [2.24, 2.45) is 0 Å². The van der Waals surface area contributed by atoms with Gasteiger partial charge in [0.05, 0.1) is 24.1 Å². The van der Waals surface area contributed by atoms with Gasteiger partial charge in [0.2, 0.25) is 0 Å². The molecular formula is C22H27N3O3. The van der Waals surface area contributed by atoms with Gasteiger partial charge in [-0.3, -0.25) is 9.78 Å². The van der Waals surface area contributed by atoms with Gasteiger partial charge < -0.3 is 15.0 Å². The SMILES string of the molecule is CCOC(=O)C1(NC(=O)c2ccncc2N(C)C(C)C)Cc2ccccc2C1. The van der Waals surface area contributed by atoms with Gasteiger partial charge in [0.25, 0.3) is 5.91 Å². The number of ether oxygens (including phenoxy) is 1. The smallest absolute Gasteiger partial charge is 0.332 e. The lowest BCUT2D eigenvalue weighted by Gasteiger charge is -2.30. The molecule has 1 aromatic carbocycles. The number of nitrogens with zero attached hydrogens (tertiary/aromatic N) is 2. The third kappa shape index (κ3) is 3.72. The van der Waals surface area contributed by atoms with Gasteiger partial charge in [0.1, 0.15) is 5.54 Å². The van der Waals surface area contributed by atoms with Crippen molar-refractivity contribution in [2.75, 3.05) is 18.6 Å². The van der Waals surface area contributed by atoms with Crippen molar-refractivity contribution in [3.05, 3.63) is 59.4 Å². The van der Waals surface area contributed by atoms with Gasteiger partial charge in [-0.2, -0.15) is 0 Å². The molecule has 3 rings (SSSR count). The molecule has 1 aliphatic carbocycles. The van der Waals surface area contributed by atoms with Crippen LogP contribution in [0.3, 0.4) is 0 Å². The molecule has 0 fully saturated rings. The van der Waals surface area contributed by atoms with Gasteiger partial charge in [-0.05, 0) is 38.0 Å². The molecule has 0 saturated carbocycles. The van der Waals surface area contributed by atoms with Crippen LogP contribution in [0, 0.1) is 0 Å². The zero-order valence-corrected chi connectivity index (χ0v) is 16.9. The maximum atomic E-state index is 13.2. The number of rotatable bonds is 6. The predicted octanol–water partition coefficient (Wildman–Crippen LogP) is 2.76. The molecule has 1 aliphatic rings. The van der Waals surface area contributed by atoms with Crippen molar-refractivity contribution in [1.29, 1.82) is 0 Å². The van der Waals surface area contributed by atoms with Crippen molar-refractivity contribution in [1.82, 2.24) is 10.3 Å². The summed E-state index contributed by atoms with van der Waals surface area (Å²) in [4.78, 5) is 32.3. The number of hydrogen-bond donors (Lipinski definition) is 1. The van der Waals surface area contributed by atoms with Crippen LogP contribution in [0.1, 0.15) is 42.3 Å². The van der Waals surface area contributed by atoms with E-state index in [1.807, 2.05) is 50.1 Å². The Hall–Kier alpha value is -2.89. The van der Waals surface area contributed by atoms with Gasteiger partial charge in [-0.15, -0.1) is 0 Å². The van der Waals surface area contributed by atoms with Crippen LogP contribution >= 0.6 is 0 Å². The standard InChI is InChI=1S/C22H27N3O3/c1-5-28-21(27)22(12-16-8-6-7-9-17(16)13-22)24-20(26)18-10-11-23-14-19(18)25(4)15(2)3/h6-11,14-15H,5,12-13H2,1-4H3,(H,24,26). The van der Waals surface area contributed by atoms with E-state index in [-0.39, 0.29) is 18.6 Å². The van der Waals surface area contributed by atoms with Crippen molar-refractivity contribution < 1.29 is 14.3 Å². The highest BCUT2D eigenvalue weighted by atomic mass is 16.5. The summed E-state index contributed by atoms with van der Waals surface area (Å²) in [6, 6.07) is 9.76. The van der Waals surface area contributed by atoms with Gasteiger partial charge in [0, 0.05) is 32.1 Å². The zero-order chi connectivity index (χ0) is 20.3. The second-order valence-corrected chi connectivity index (χ2v) is 7.48. The molecule has 148 valence electrons. The van der Waals surface area contributed by atoms with E-state index in [1.165, 1.54) is 0 Å². The van der Waals surface area contributed by atoms with Crippen LogP contribution in [-0.4, -0.2) is 42.1 Å². The molecule has 0 radical (unpaired) electrons. The number of esters is 1. The van der Waals surface area contributed by atoms with Crippen molar-refractivity contribution in [3.63, 3.8) is 0 Å². The molecule has 1 amide bonds. The molecule has 28 heavy (non-hydrogen) atoms. The summed E-state index contributed by atoms with van der Waals surface area (Å²) in [5.74, 6) is -0.696. The van der Waals surface area contributed by atoms with E-state index < -0.39 is 11.5 Å². The maximum absolute atomic E-state index is 13.2. The summed E-state index contributed by atoms with van der Waals surface area (Å²) in [5.41, 5.74) is 2.25. The average Bonchev–Trinajstić information content (AvgIpc) is 3.06. The molecule has 0 spiro atoms. The molecule has 6 heteroatoms. The van der Waals surface area contributed by atoms with Crippen LogP contribution in [0.15, 0.2) is 42.7 Å². The predicted molar refractivity (Wildman–Crippen MR) is 108 cm³/mol. The lowest BCUT2D eigenvalue weighted by molar-refractivity contribution is -0.150. The number of anilines is 1. The Kier molecular flexibility index (Phi) is 5.68. The molecule has 1 heterocycles. The van der Waals surface area contributed by atoms with Crippen molar-refractivity contribution >= 4 is 17.6 Å². The van der Waals surface area contributed by atoms with Crippen LogP contribution in [0.4, 0.5) is 5.69 Å². The van der Waals surface area contributed by atoms with E-state index in [4.69, 9.17) is 4.74 Å².